The van der Waals surface area contributed by atoms with Gasteiger partial charge in [0, 0.05) is 12.8 Å². The van der Waals surface area contributed by atoms with Gasteiger partial charge in [-0.15, -0.1) is 0 Å². The summed E-state index contributed by atoms with van der Waals surface area (Å²) in [5, 5.41) is 23.1. The number of carbonyl (C=O) groups is 2. The van der Waals surface area contributed by atoms with Crippen LogP contribution < -0.4 is 5.32 Å². The lowest BCUT2D eigenvalue weighted by Crippen LogP contribution is -2.45. The van der Waals surface area contributed by atoms with Crippen molar-refractivity contribution < 1.29 is 24.5 Å². The Labute approximate surface area is 404 Å². The van der Waals surface area contributed by atoms with Crippen LogP contribution in [0.15, 0.2) is 36.5 Å². The predicted octanol–water partition coefficient (Wildman–Crippen LogP) is 17.6. The zero-order valence-corrected chi connectivity index (χ0v) is 43.5. The molecule has 0 rings (SSSR count). The predicted molar refractivity (Wildman–Crippen MR) is 283 cm³/mol. The maximum absolute atomic E-state index is 12.5. The Morgan fingerprint density at radius 2 is 0.723 bits per heavy atom. The molecule has 6 nitrogen and oxygen atoms in total. The molecule has 6 heteroatoms. The second-order valence-corrected chi connectivity index (χ2v) is 19.6. The molecular formula is C59H111NO5. The topological polar surface area (TPSA) is 95.9 Å². The van der Waals surface area contributed by atoms with Gasteiger partial charge in [-0.2, -0.15) is 0 Å². The van der Waals surface area contributed by atoms with Gasteiger partial charge in [0.15, 0.2) is 0 Å². The molecule has 0 aliphatic heterocycles. The van der Waals surface area contributed by atoms with Gasteiger partial charge in [-0.1, -0.05) is 243 Å². The Kier molecular flexibility index (Phi) is 53.1. The van der Waals surface area contributed by atoms with Crippen molar-refractivity contribution in [2.24, 2.45) is 0 Å². The van der Waals surface area contributed by atoms with E-state index in [1.165, 1.54) is 193 Å². The molecule has 0 aromatic carbocycles. The first kappa shape index (κ1) is 63.1. The van der Waals surface area contributed by atoms with E-state index in [4.69, 9.17) is 4.74 Å². The van der Waals surface area contributed by atoms with Crippen LogP contribution in [0.2, 0.25) is 0 Å². The molecule has 0 saturated carbocycles. The van der Waals surface area contributed by atoms with E-state index in [1.807, 2.05) is 6.08 Å². The first-order chi connectivity index (χ1) is 32.0. The number of carbonyl (C=O) groups excluding carboxylic acids is 2. The van der Waals surface area contributed by atoms with Gasteiger partial charge in [-0.3, -0.25) is 9.59 Å². The molecule has 2 atom stereocenters. The maximum atomic E-state index is 12.5. The SMILES string of the molecule is CCCCCCCCC/C=C\CCCCCCCCCC(=O)OCCCC/C=C\CCCCCCCC(=O)NC(CO)C(O)/C=C/CCCCCCCCCCCCCCCCCCC. The fourth-order valence-corrected chi connectivity index (χ4v) is 8.68. The molecule has 0 bridgehead atoms. The number of amides is 1. The number of allylic oxidation sites excluding steroid dienone is 5. The lowest BCUT2D eigenvalue weighted by Gasteiger charge is -2.20. The summed E-state index contributed by atoms with van der Waals surface area (Å²) in [5.74, 6) is -0.132. The number of hydrogen-bond donors (Lipinski definition) is 3. The van der Waals surface area contributed by atoms with Crippen LogP contribution in [0.3, 0.4) is 0 Å². The van der Waals surface area contributed by atoms with Crippen molar-refractivity contribution in [3.63, 3.8) is 0 Å². The van der Waals surface area contributed by atoms with Crippen molar-refractivity contribution in [1.82, 2.24) is 5.32 Å². The highest BCUT2D eigenvalue weighted by Gasteiger charge is 2.18. The number of aliphatic hydroxyl groups excluding tert-OH is 2. The van der Waals surface area contributed by atoms with Gasteiger partial charge in [0.2, 0.25) is 5.91 Å². The number of rotatable bonds is 53. The molecule has 0 saturated heterocycles. The van der Waals surface area contributed by atoms with Crippen molar-refractivity contribution in [3.05, 3.63) is 36.5 Å². The van der Waals surface area contributed by atoms with Crippen molar-refractivity contribution in [2.45, 2.75) is 315 Å². The highest BCUT2D eigenvalue weighted by molar-refractivity contribution is 5.76. The van der Waals surface area contributed by atoms with Crippen LogP contribution in [0.25, 0.3) is 0 Å². The van der Waals surface area contributed by atoms with Crippen LogP contribution in [0.5, 0.6) is 0 Å². The lowest BCUT2D eigenvalue weighted by atomic mass is 10.0. The zero-order chi connectivity index (χ0) is 47.2. The van der Waals surface area contributed by atoms with E-state index in [1.54, 1.807) is 6.08 Å². The normalized spacial score (nSPS) is 12.9. The third kappa shape index (κ3) is 51.3. The van der Waals surface area contributed by atoms with Gasteiger partial charge >= 0.3 is 5.97 Å². The average Bonchev–Trinajstić information content (AvgIpc) is 3.31. The Bertz CT molecular complexity index is 1060. The Morgan fingerprint density at radius 3 is 1.09 bits per heavy atom. The summed E-state index contributed by atoms with van der Waals surface area (Å²) in [7, 11) is 0. The number of aliphatic hydroxyl groups is 2. The number of nitrogens with one attached hydrogen (secondary N) is 1. The average molecular weight is 915 g/mol. The quantitative estimate of drug-likeness (QED) is 0.0321. The summed E-state index contributed by atoms with van der Waals surface area (Å²) in [6, 6.07) is -0.650. The Morgan fingerprint density at radius 1 is 0.415 bits per heavy atom. The van der Waals surface area contributed by atoms with Crippen LogP contribution >= 0.6 is 0 Å². The molecule has 0 aliphatic carbocycles. The monoisotopic (exact) mass is 914 g/mol. The Hall–Kier alpha value is -1.92. The van der Waals surface area contributed by atoms with Crippen LogP contribution in [0.1, 0.15) is 303 Å². The number of hydrogen-bond acceptors (Lipinski definition) is 5. The molecule has 2 unspecified atom stereocenters. The van der Waals surface area contributed by atoms with Gasteiger partial charge in [-0.25, -0.2) is 0 Å². The Balaban J connectivity index is 3.54. The van der Waals surface area contributed by atoms with E-state index >= 15 is 0 Å². The third-order valence-electron chi connectivity index (χ3n) is 13.1. The summed E-state index contributed by atoms with van der Waals surface area (Å²) < 4.78 is 5.45. The molecule has 65 heavy (non-hydrogen) atoms. The molecule has 0 aliphatic rings. The zero-order valence-electron chi connectivity index (χ0n) is 43.5. The maximum Gasteiger partial charge on any atom is 0.305 e. The summed E-state index contributed by atoms with van der Waals surface area (Å²) in [6.07, 6.45) is 67.3. The minimum atomic E-state index is -0.864. The standard InChI is InChI=1S/C59H111NO5/c1-3-5-7-9-11-13-15-17-19-21-23-24-26-28-31-35-39-43-47-51-57(62)56(55-61)60-58(63)52-48-44-40-36-32-30-34-38-42-46-50-54-65-59(64)53-49-45-41-37-33-29-27-25-22-20-18-16-14-12-10-8-6-4-2/h20,22,34,38,47,51,56-57,61-62H,3-19,21,23-33,35-37,39-46,48-50,52-55H2,1-2H3,(H,60,63)/b22-20-,38-34-,51-47+. The van der Waals surface area contributed by atoms with Crippen LogP contribution in [-0.4, -0.2) is 47.4 Å². The minimum Gasteiger partial charge on any atom is -0.466 e. The van der Waals surface area contributed by atoms with E-state index in [2.05, 4.69) is 43.5 Å². The molecule has 3 N–H and O–H groups in total. The molecule has 1 amide bonds. The van der Waals surface area contributed by atoms with E-state index in [0.717, 1.165) is 83.5 Å². The summed E-state index contributed by atoms with van der Waals surface area (Å²) in [6.45, 7) is 4.83. The van der Waals surface area contributed by atoms with E-state index in [9.17, 15) is 19.8 Å². The van der Waals surface area contributed by atoms with Crippen molar-refractivity contribution in [1.29, 1.82) is 0 Å². The first-order valence-corrected chi connectivity index (χ1v) is 28.8. The third-order valence-corrected chi connectivity index (χ3v) is 13.1. The molecule has 0 fully saturated rings. The summed E-state index contributed by atoms with van der Waals surface area (Å²) in [5.41, 5.74) is 0. The lowest BCUT2D eigenvalue weighted by molar-refractivity contribution is -0.143. The summed E-state index contributed by atoms with van der Waals surface area (Å²) >= 11 is 0. The molecule has 0 aromatic heterocycles. The molecular weight excluding hydrogens is 803 g/mol. The van der Waals surface area contributed by atoms with Gasteiger partial charge in [0.05, 0.1) is 25.4 Å². The fraction of sp³-hybridized carbons (Fsp3) is 0.864. The molecule has 0 aromatic rings. The number of ether oxygens (including phenoxy) is 1. The van der Waals surface area contributed by atoms with Gasteiger partial charge < -0.3 is 20.3 Å². The minimum absolute atomic E-state index is 0.0358. The smallest absolute Gasteiger partial charge is 0.305 e. The van der Waals surface area contributed by atoms with Gasteiger partial charge in [0.25, 0.3) is 0 Å². The first-order valence-electron chi connectivity index (χ1n) is 28.8. The van der Waals surface area contributed by atoms with Crippen LogP contribution in [0, 0.1) is 0 Å². The summed E-state index contributed by atoms with van der Waals surface area (Å²) in [4.78, 5) is 24.5. The number of unbranched alkanes of at least 4 members (excludes halogenated alkanes) is 38. The van der Waals surface area contributed by atoms with E-state index in [0.29, 0.717) is 19.4 Å². The highest BCUT2D eigenvalue weighted by Crippen LogP contribution is 2.16. The van der Waals surface area contributed by atoms with Gasteiger partial charge in [-0.05, 0) is 83.5 Å². The van der Waals surface area contributed by atoms with E-state index < -0.39 is 12.1 Å². The molecule has 0 radical (unpaired) electrons. The van der Waals surface area contributed by atoms with Gasteiger partial charge in [0.1, 0.15) is 0 Å². The van der Waals surface area contributed by atoms with Crippen molar-refractivity contribution >= 4 is 11.9 Å². The van der Waals surface area contributed by atoms with Crippen LogP contribution in [-0.2, 0) is 14.3 Å². The molecule has 0 heterocycles. The molecule has 382 valence electrons. The number of esters is 1. The highest BCUT2D eigenvalue weighted by atomic mass is 16.5. The van der Waals surface area contributed by atoms with E-state index in [-0.39, 0.29) is 18.5 Å². The largest absolute Gasteiger partial charge is 0.466 e. The second-order valence-electron chi connectivity index (χ2n) is 19.6. The van der Waals surface area contributed by atoms with Crippen molar-refractivity contribution in [2.75, 3.05) is 13.2 Å². The molecule has 0 spiro atoms. The van der Waals surface area contributed by atoms with Crippen molar-refractivity contribution in [3.8, 4) is 0 Å². The fourth-order valence-electron chi connectivity index (χ4n) is 8.68. The second kappa shape index (κ2) is 54.7. The van der Waals surface area contributed by atoms with Crippen LogP contribution in [0.4, 0.5) is 0 Å².